The van der Waals surface area contributed by atoms with E-state index in [1.165, 1.54) is 12.7 Å². The quantitative estimate of drug-likeness (QED) is 0.854. The number of nitrogens with zero attached hydrogens (tertiary/aromatic N) is 1. The Labute approximate surface area is 120 Å². The Morgan fingerprint density at radius 2 is 2.20 bits per heavy atom. The van der Waals surface area contributed by atoms with Gasteiger partial charge in [0.1, 0.15) is 5.76 Å². The molecule has 110 valence electrons. The maximum Gasteiger partial charge on any atom is 0.274 e. The van der Waals surface area contributed by atoms with E-state index in [0.717, 1.165) is 18.6 Å². The molecule has 4 nitrogen and oxygen atoms in total. The molecule has 0 spiro atoms. The summed E-state index contributed by atoms with van der Waals surface area (Å²) in [4.78, 5) is 12.0. The van der Waals surface area contributed by atoms with Gasteiger partial charge in [-0.15, -0.1) is 0 Å². The van der Waals surface area contributed by atoms with Gasteiger partial charge in [0.15, 0.2) is 0 Å². The summed E-state index contributed by atoms with van der Waals surface area (Å²) in [5.41, 5.74) is 4.38. The van der Waals surface area contributed by atoms with E-state index < -0.39 is 0 Å². The van der Waals surface area contributed by atoms with Gasteiger partial charge in [0.2, 0.25) is 0 Å². The lowest BCUT2D eigenvalue weighted by Crippen LogP contribution is -2.31. The summed E-state index contributed by atoms with van der Waals surface area (Å²) in [6.07, 6.45) is 4.92. The van der Waals surface area contributed by atoms with Gasteiger partial charge in [-0.3, -0.25) is 4.79 Å². The number of carbonyl (C=O) groups is 1. The van der Waals surface area contributed by atoms with Gasteiger partial charge in [-0.05, 0) is 44.1 Å². The first-order valence-corrected chi connectivity index (χ1v) is 7.40. The molecule has 0 aromatic carbocycles. The maximum atomic E-state index is 12.0. The highest BCUT2D eigenvalue weighted by Crippen LogP contribution is 2.31. The molecule has 1 N–H and O–H groups in total. The van der Waals surface area contributed by atoms with Crippen LogP contribution in [0.25, 0.3) is 0 Å². The number of carbonyl (C=O) groups excluding carboxylic acids is 1. The lowest BCUT2D eigenvalue weighted by atomic mass is 9.76. The van der Waals surface area contributed by atoms with Crippen LogP contribution < -0.4 is 5.43 Å². The van der Waals surface area contributed by atoms with Crippen LogP contribution in [0.3, 0.4) is 0 Å². The molecular formula is C16H24N2O2. The summed E-state index contributed by atoms with van der Waals surface area (Å²) in [5.74, 6) is 2.13. The number of rotatable bonds is 3. The van der Waals surface area contributed by atoms with Crippen LogP contribution >= 0.6 is 0 Å². The molecule has 4 heteroatoms. The Kier molecular flexibility index (Phi) is 4.63. The predicted octanol–water partition coefficient (Wildman–Crippen LogP) is 3.77. The number of amides is 1. The third-order valence-electron chi connectivity index (χ3n) is 4.17. The summed E-state index contributed by atoms with van der Waals surface area (Å²) < 4.78 is 5.14. The van der Waals surface area contributed by atoms with Crippen molar-refractivity contribution in [3.63, 3.8) is 0 Å². The normalized spacial score (nSPS) is 25.1. The van der Waals surface area contributed by atoms with Gasteiger partial charge in [0.05, 0.1) is 11.8 Å². The molecule has 0 radical (unpaired) electrons. The van der Waals surface area contributed by atoms with E-state index in [9.17, 15) is 4.79 Å². The second-order valence-corrected chi connectivity index (χ2v) is 6.17. The Morgan fingerprint density at radius 1 is 1.45 bits per heavy atom. The van der Waals surface area contributed by atoms with E-state index in [1.54, 1.807) is 13.0 Å². The molecule has 0 aliphatic heterocycles. The van der Waals surface area contributed by atoms with E-state index in [4.69, 9.17) is 4.42 Å². The largest absolute Gasteiger partial charge is 0.469 e. The molecule has 1 fully saturated rings. The number of furan rings is 1. The molecule has 1 heterocycles. The standard InChI is InChI=1S/C16H24N2O2/c1-10(2)13-6-5-11(3)9-15(13)17-18-16(19)14-7-8-20-12(14)4/h7-8,10-11,13H,5-6,9H2,1-4H3,(H,18,19)/t11-,13-/m1/s1. The first-order chi connectivity index (χ1) is 9.49. The van der Waals surface area contributed by atoms with Crippen molar-refractivity contribution in [3.8, 4) is 0 Å². The molecule has 1 aliphatic rings. The van der Waals surface area contributed by atoms with Gasteiger partial charge in [0.25, 0.3) is 5.91 Å². The number of hydrogen-bond acceptors (Lipinski definition) is 3. The molecular weight excluding hydrogens is 252 g/mol. The third kappa shape index (κ3) is 3.30. The zero-order valence-corrected chi connectivity index (χ0v) is 12.8. The molecule has 1 saturated carbocycles. The van der Waals surface area contributed by atoms with Gasteiger partial charge in [0, 0.05) is 11.6 Å². The minimum absolute atomic E-state index is 0.190. The zero-order valence-electron chi connectivity index (χ0n) is 12.8. The minimum Gasteiger partial charge on any atom is -0.469 e. The van der Waals surface area contributed by atoms with Gasteiger partial charge < -0.3 is 4.42 Å². The molecule has 0 saturated heterocycles. The lowest BCUT2D eigenvalue weighted by molar-refractivity contribution is 0.0952. The maximum absolute atomic E-state index is 12.0. The van der Waals surface area contributed by atoms with Crippen molar-refractivity contribution in [2.24, 2.45) is 22.9 Å². The van der Waals surface area contributed by atoms with Crippen molar-refractivity contribution in [2.45, 2.75) is 47.0 Å². The summed E-state index contributed by atoms with van der Waals surface area (Å²) >= 11 is 0. The van der Waals surface area contributed by atoms with Crippen molar-refractivity contribution >= 4 is 11.6 Å². The first kappa shape index (κ1) is 14.8. The van der Waals surface area contributed by atoms with Crippen molar-refractivity contribution in [1.82, 2.24) is 5.43 Å². The van der Waals surface area contributed by atoms with Crippen molar-refractivity contribution in [2.75, 3.05) is 0 Å². The summed E-state index contributed by atoms with van der Waals surface area (Å²) in [7, 11) is 0. The van der Waals surface area contributed by atoms with Crippen LogP contribution in [0, 0.1) is 24.7 Å². The van der Waals surface area contributed by atoms with Crippen LogP contribution in [-0.2, 0) is 0 Å². The fraction of sp³-hybridized carbons (Fsp3) is 0.625. The fourth-order valence-corrected chi connectivity index (χ4v) is 2.89. The average Bonchev–Trinajstić information content (AvgIpc) is 2.82. The lowest BCUT2D eigenvalue weighted by Gasteiger charge is -2.30. The second-order valence-electron chi connectivity index (χ2n) is 6.17. The third-order valence-corrected chi connectivity index (χ3v) is 4.17. The Bertz CT molecular complexity index is 502. The van der Waals surface area contributed by atoms with Crippen LogP contribution in [-0.4, -0.2) is 11.6 Å². The predicted molar refractivity (Wildman–Crippen MR) is 79.7 cm³/mol. The number of nitrogens with one attached hydrogen (secondary N) is 1. The van der Waals surface area contributed by atoms with E-state index in [1.807, 2.05) is 0 Å². The Hall–Kier alpha value is -1.58. The number of hydrazone groups is 1. The second kappa shape index (κ2) is 6.25. The van der Waals surface area contributed by atoms with Gasteiger partial charge in [-0.1, -0.05) is 20.8 Å². The van der Waals surface area contributed by atoms with E-state index in [2.05, 4.69) is 31.3 Å². The Balaban J connectivity index is 2.08. The number of hydrogen-bond donors (Lipinski definition) is 1. The van der Waals surface area contributed by atoms with Crippen LogP contribution in [0.4, 0.5) is 0 Å². The van der Waals surface area contributed by atoms with Crippen LogP contribution in [0.1, 0.15) is 56.2 Å². The van der Waals surface area contributed by atoms with E-state index >= 15 is 0 Å². The molecule has 1 aliphatic carbocycles. The first-order valence-electron chi connectivity index (χ1n) is 7.40. The molecule has 1 aromatic heterocycles. The highest BCUT2D eigenvalue weighted by atomic mass is 16.3. The monoisotopic (exact) mass is 276 g/mol. The molecule has 0 unspecified atom stereocenters. The Morgan fingerprint density at radius 3 is 2.80 bits per heavy atom. The molecule has 20 heavy (non-hydrogen) atoms. The summed E-state index contributed by atoms with van der Waals surface area (Å²) in [6, 6.07) is 1.67. The summed E-state index contributed by atoms with van der Waals surface area (Å²) in [6.45, 7) is 8.46. The summed E-state index contributed by atoms with van der Waals surface area (Å²) in [5, 5.41) is 4.41. The van der Waals surface area contributed by atoms with Crippen LogP contribution in [0.15, 0.2) is 21.8 Å². The smallest absolute Gasteiger partial charge is 0.274 e. The number of aryl methyl sites for hydroxylation is 1. The molecule has 1 aromatic rings. The minimum atomic E-state index is -0.190. The molecule has 2 rings (SSSR count). The average molecular weight is 276 g/mol. The van der Waals surface area contributed by atoms with Crippen molar-refractivity contribution in [3.05, 3.63) is 23.7 Å². The zero-order chi connectivity index (χ0) is 14.7. The fourth-order valence-electron chi connectivity index (χ4n) is 2.89. The van der Waals surface area contributed by atoms with Crippen LogP contribution in [0.2, 0.25) is 0 Å². The molecule has 0 bridgehead atoms. The van der Waals surface area contributed by atoms with E-state index in [0.29, 0.717) is 29.1 Å². The van der Waals surface area contributed by atoms with E-state index in [-0.39, 0.29) is 5.91 Å². The van der Waals surface area contributed by atoms with Crippen molar-refractivity contribution < 1.29 is 9.21 Å². The van der Waals surface area contributed by atoms with Crippen LogP contribution in [0.5, 0.6) is 0 Å². The van der Waals surface area contributed by atoms with Gasteiger partial charge in [-0.25, -0.2) is 5.43 Å². The SMILES string of the molecule is Cc1occc1C(=O)NN=C1C[C@H](C)CC[C@@H]1C(C)C. The van der Waals surface area contributed by atoms with Crippen molar-refractivity contribution in [1.29, 1.82) is 0 Å². The molecule has 2 atom stereocenters. The molecule has 1 amide bonds. The van der Waals surface area contributed by atoms with Gasteiger partial charge in [-0.2, -0.15) is 5.10 Å². The van der Waals surface area contributed by atoms with Gasteiger partial charge >= 0.3 is 0 Å². The highest BCUT2D eigenvalue weighted by Gasteiger charge is 2.27. The highest BCUT2D eigenvalue weighted by molar-refractivity contribution is 5.96. The topological polar surface area (TPSA) is 54.6 Å².